The predicted octanol–water partition coefficient (Wildman–Crippen LogP) is 1.74. The van der Waals surface area contributed by atoms with Crippen LogP contribution in [0.5, 0.6) is 5.75 Å². The summed E-state index contributed by atoms with van der Waals surface area (Å²) in [5, 5.41) is 2.97. The van der Waals surface area contributed by atoms with Crippen molar-refractivity contribution in [3.63, 3.8) is 0 Å². The Balaban J connectivity index is 1.32. The molecule has 1 unspecified atom stereocenters. The van der Waals surface area contributed by atoms with Crippen molar-refractivity contribution in [3.8, 4) is 5.75 Å². The van der Waals surface area contributed by atoms with Crippen LogP contribution in [0.3, 0.4) is 0 Å². The van der Waals surface area contributed by atoms with Gasteiger partial charge in [-0.05, 0) is 57.5 Å². The third kappa shape index (κ3) is 5.21. The third-order valence-corrected chi connectivity index (χ3v) is 4.94. The average molecular weight is 331 g/mol. The number of amides is 1. The molecule has 5 heteroatoms. The van der Waals surface area contributed by atoms with Crippen LogP contribution in [0.4, 0.5) is 0 Å². The minimum atomic E-state index is 0.105. The molecule has 0 aromatic heterocycles. The van der Waals surface area contributed by atoms with E-state index in [2.05, 4.69) is 15.1 Å². The van der Waals surface area contributed by atoms with E-state index >= 15 is 0 Å². The molecule has 5 nitrogen and oxygen atoms in total. The molecule has 1 amide bonds. The van der Waals surface area contributed by atoms with Gasteiger partial charge in [-0.3, -0.25) is 14.6 Å². The quantitative estimate of drug-likeness (QED) is 0.773. The first kappa shape index (κ1) is 17.2. The van der Waals surface area contributed by atoms with Gasteiger partial charge < -0.3 is 10.1 Å². The zero-order valence-electron chi connectivity index (χ0n) is 14.5. The number of ether oxygens (including phenoxy) is 1. The zero-order valence-corrected chi connectivity index (χ0v) is 14.5. The highest BCUT2D eigenvalue weighted by atomic mass is 16.5. The summed E-state index contributed by atoms with van der Waals surface area (Å²) in [4.78, 5) is 17.0. The highest BCUT2D eigenvalue weighted by Gasteiger charge is 2.27. The van der Waals surface area contributed by atoms with E-state index < -0.39 is 0 Å². The Kier molecular flexibility index (Phi) is 6.49. The van der Waals surface area contributed by atoms with Crippen LogP contribution >= 0.6 is 0 Å². The minimum absolute atomic E-state index is 0.105. The lowest BCUT2D eigenvalue weighted by atomic mass is 10.0. The number of nitrogens with one attached hydrogen (secondary N) is 1. The van der Waals surface area contributed by atoms with Crippen molar-refractivity contribution < 1.29 is 9.53 Å². The number of piperidine rings is 1. The van der Waals surface area contributed by atoms with Crippen LogP contribution in [-0.2, 0) is 4.79 Å². The fourth-order valence-electron chi connectivity index (χ4n) is 3.71. The molecule has 2 aliphatic heterocycles. The summed E-state index contributed by atoms with van der Waals surface area (Å²) in [6.07, 6.45) is 5.14. The fraction of sp³-hybridized carbons (Fsp3) is 0.632. The van der Waals surface area contributed by atoms with E-state index in [0.29, 0.717) is 25.7 Å². The third-order valence-electron chi connectivity index (χ3n) is 4.94. The van der Waals surface area contributed by atoms with E-state index in [1.165, 1.54) is 38.8 Å². The maximum Gasteiger partial charge on any atom is 0.234 e. The molecule has 2 saturated heterocycles. The average Bonchev–Trinajstić information content (AvgIpc) is 3.15. The Labute approximate surface area is 145 Å². The molecule has 0 radical (unpaired) electrons. The van der Waals surface area contributed by atoms with Crippen LogP contribution in [0.15, 0.2) is 30.3 Å². The second-order valence-corrected chi connectivity index (χ2v) is 6.79. The van der Waals surface area contributed by atoms with Crippen molar-refractivity contribution in [1.82, 2.24) is 15.1 Å². The molecule has 24 heavy (non-hydrogen) atoms. The Morgan fingerprint density at radius 2 is 1.92 bits per heavy atom. The summed E-state index contributed by atoms with van der Waals surface area (Å²) in [7, 11) is 0. The summed E-state index contributed by atoms with van der Waals surface area (Å²) in [5.74, 6) is 0.949. The number of hydrogen-bond donors (Lipinski definition) is 1. The maximum absolute atomic E-state index is 12.1. The smallest absolute Gasteiger partial charge is 0.234 e. The normalized spacial score (nSPS) is 22.4. The summed E-state index contributed by atoms with van der Waals surface area (Å²) in [6.45, 7) is 6.12. The van der Waals surface area contributed by atoms with Gasteiger partial charge in [-0.25, -0.2) is 0 Å². The highest BCUT2D eigenvalue weighted by Crippen LogP contribution is 2.20. The summed E-state index contributed by atoms with van der Waals surface area (Å²) < 4.78 is 5.60. The van der Waals surface area contributed by atoms with Gasteiger partial charge in [-0.1, -0.05) is 18.2 Å². The molecule has 1 aromatic rings. The SMILES string of the molecule is O=C(CN1CCCC(N2CCCC2)C1)NCCOc1ccccc1. The number of likely N-dealkylation sites (tertiary alicyclic amines) is 2. The highest BCUT2D eigenvalue weighted by molar-refractivity contribution is 5.78. The Morgan fingerprint density at radius 3 is 2.71 bits per heavy atom. The lowest BCUT2D eigenvalue weighted by Crippen LogP contribution is -2.49. The molecule has 0 bridgehead atoms. The topological polar surface area (TPSA) is 44.8 Å². The first-order valence-corrected chi connectivity index (χ1v) is 9.22. The molecule has 1 N–H and O–H groups in total. The molecule has 0 spiro atoms. The van der Waals surface area contributed by atoms with Gasteiger partial charge in [0.2, 0.25) is 5.91 Å². The van der Waals surface area contributed by atoms with Gasteiger partial charge in [0.25, 0.3) is 0 Å². The van der Waals surface area contributed by atoms with Crippen molar-refractivity contribution in [1.29, 1.82) is 0 Å². The molecule has 2 aliphatic rings. The number of carbonyl (C=O) groups is 1. The molecule has 2 fully saturated rings. The molecule has 1 aromatic carbocycles. The van der Waals surface area contributed by atoms with Crippen molar-refractivity contribution in [2.24, 2.45) is 0 Å². The van der Waals surface area contributed by atoms with Crippen LogP contribution in [0.2, 0.25) is 0 Å². The zero-order chi connectivity index (χ0) is 16.6. The number of nitrogens with zero attached hydrogens (tertiary/aromatic N) is 2. The van der Waals surface area contributed by atoms with Crippen LogP contribution in [0, 0.1) is 0 Å². The van der Waals surface area contributed by atoms with E-state index in [1.54, 1.807) is 0 Å². The molecule has 0 saturated carbocycles. The monoisotopic (exact) mass is 331 g/mol. The molecule has 3 rings (SSSR count). The molecular weight excluding hydrogens is 302 g/mol. The Hall–Kier alpha value is -1.59. The first-order chi connectivity index (χ1) is 11.8. The lowest BCUT2D eigenvalue weighted by molar-refractivity contribution is -0.122. The molecule has 2 heterocycles. The number of carbonyl (C=O) groups excluding carboxylic acids is 1. The van der Waals surface area contributed by atoms with Crippen molar-refractivity contribution in [2.45, 2.75) is 31.7 Å². The predicted molar refractivity (Wildman–Crippen MR) is 95.2 cm³/mol. The Morgan fingerprint density at radius 1 is 1.12 bits per heavy atom. The van der Waals surface area contributed by atoms with E-state index in [4.69, 9.17) is 4.74 Å². The molecule has 1 atom stereocenters. The van der Waals surface area contributed by atoms with Gasteiger partial charge >= 0.3 is 0 Å². The van der Waals surface area contributed by atoms with Crippen LogP contribution in [-0.4, -0.2) is 67.6 Å². The second-order valence-electron chi connectivity index (χ2n) is 6.79. The summed E-state index contributed by atoms with van der Waals surface area (Å²) in [6, 6.07) is 10.3. The summed E-state index contributed by atoms with van der Waals surface area (Å²) >= 11 is 0. The van der Waals surface area contributed by atoms with Gasteiger partial charge in [0.05, 0.1) is 13.1 Å². The number of para-hydroxylation sites is 1. The van der Waals surface area contributed by atoms with E-state index in [-0.39, 0.29) is 5.91 Å². The molecule has 132 valence electrons. The van der Waals surface area contributed by atoms with Gasteiger partial charge in [-0.2, -0.15) is 0 Å². The number of hydrogen-bond acceptors (Lipinski definition) is 4. The standard InChI is InChI=1S/C19H29N3O2/c23-19(20-10-14-24-18-8-2-1-3-9-18)16-21-11-6-7-17(15-21)22-12-4-5-13-22/h1-3,8-9,17H,4-7,10-16H2,(H,20,23). The molecule has 0 aliphatic carbocycles. The van der Waals surface area contributed by atoms with Gasteiger partial charge in [0.15, 0.2) is 0 Å². The second kappa shape index (κ2) is 9.04. The minimum Gasteiger partial charge on any atom is -0.492 e. The number of benzene rings is 1. The first-order valence-electron chi connectivity index (χ1n) is 9.22. The van der Waals surface area contributed by atoms with Gasteiger partial charge in [0, 0.05) is 12.6 Å². The van der Waals surface area contributed by atoms with Crippen molar-refractivity contribution in [3.05, 3.63) is 30.3 Å². The van der Waals surface area contributed by atoms with Crippen LogP contribution < -0.4 is 10.1 Å². The fourth-order valence-corrected chi connectivity index (χ4v) is 3.71. The molecular formula is C19H29N3O2. The van der Waals surface area contributed by atoms with Gasteiger partial charge in [0.1, 0.15) is 12.4 Å². The van der Waals surface area contributed by atoms with E-state index in [9.17, 15) is 4.79 Å². The summed E-state index contributed by atoms with van der Waals surface area (Å²) in [5.41, 5.74) is 0. The van der Waals surface area contributed by atoms with Crippen LogP contribution in [0.25, 0.3) is 0 Å². The van der Waals surface area contributed by atoms with Crippen LogP contribution in [0.1, 0.15) is 25.7 Å². The Bertz CT molecular complexity index is 503. The van der Waals surface area contributed by atoms with E-state index in [0.717, 1.165) is 18.8 Å². The van der Waals surface area contributed by atoms with Crippen molar-refractivity contribution in [2.75, 3.05) is 45.9 Å². The van der Waals surface area contributed by atoms with E-state index in [1.807, 2.05) is 30.3 Å². The number of rotatable bonds is 7. The maximum atomic E-state index is 12.1. The van der Waals surface area contributed by atoms with Crippen molar-refractivity contribution >= 4 is 5.91 Å². The largest absolute Gasteiger partial charge is 0.492 e. The van der Waals surface area contributed by atoms with Gasteiger partial charge in [-0.15, -0.1) is 0 Å². The lowest BCUT2D eigenvalue weighted by Gasteiger charge is -2.37.